The van der Waals surface area contributed by atoms with Crippen LogP contribution in [0.3, 0.4) is 0 Å². The highest BCUT2D eigenvalue weighted by molar-refractivity contribution is 7.92. The van der Waals surface area contributed by atoms with Crippen molar-refractivity contribution in [3.8, 4) is 0 Å². The molecular formula is C18H25N5O5S2. The first kappa shape index (κ1) is 23.8. The van der Waals surface area contributed by atoms with Gasteiger partial charge in [-0.3, -0.25) is 14.8 Å². The number of sulfonamides is 1. The molecule has 1 amide bonds. The number of benzene rings is 1. The van der Waals surface area contributed by atoms with Gasteiger partial charge < -0.3 is 21.9 Å². The van der Waals surface area contributed by atoms with E-state index in [4.69, 9.17) is 11.5 Å². The Morgan fingerprint density at radius 1 is 1.17 bits per heavy atom. The SMILES string of the molecule is Cc1ccc(S(=O)(=O)Nc2ccsc2C(=O)N[C@@H](CCCNC(N)N)C(=O)O)cc1. The summed E-state index contributed by atoms with van der Waals surface area (Å²) < 4.78 is 27.6. The molecule has 164 valence electrons. The Labute approximate surface area is 178 Å². The van der Waals surface area contributed by atoms with Gasteiger partial charge in [-0.1, -0.05) is 17.7 Å². The second-order valence-corrected chi connectivity index (χ2v) is 9.17. The van der Waals surface area contributed by atoms with Crippen LogP contribution in [0.1, 0.15) is 28.1 Å². The lowest BCUT2D eigenvalue weighted by atomic mass is 10.1. The Morgan fingerprint density at radius 2 is 1.83 bits per heavy atom. The first-order chi connectivity index (χ1) is 14.1. The van der Waals surface area contributed by atoms with Gasteiger partial charge in [0.25, 0.3) is 15.9 Å². The van der Waals surface area contributed by atoms with Crippen LogP contribution in [0.5, 0.6) is 0 Å². The molecule has 2 rings (SSSR count). The number of hydrogen-bond acceptors (Lipinski definition) is 8. The molecule has 1 heterocycles. The van der Waals surface area contributed by atoms with E-state index in [1.165, 1.54) is 18.2 Å². The highest BCUT2D eigenvalue weighted by Crippen LogP contribution is 2.25. The molecule has 0 bridgehead atoms. The number of aryl methyl sites for hydroxylation is 1. The third kappa shape index (κ3) is 6.78. The molecular weight excluding hydrogens is 430 g/mol. The molecule has 0 saturated heterocycles. The fourth-order valence-corrected chi connectivity index (χ4v) is 4.43. The first-order valence-corrected chi connectivity index (χ1v) is 11.4. The van der Waals surface area contributed by atoms with Crippen molar-refractivity contribution in [2.45, 2.75) is 37.0 Å². The minimum atomic E-state index is -3.90. The molecule has 0 unspecified atom stereocenters. The van der Waals surface area contributed by atoms with E-state index in [0.717, 1.165) is 16.9 Å². The van der Waals surface area contributed by atoms with Crippen LogP contribution in [-0.4, -0.2) is 44.3 Å². The summed E-state index contributed by atoms with van der Waals surface area (Å²) in [5, 5.41) is 16.1. The van der Waals surface area contributed by atoms with Crippen molar-refractivity contribution in [1.82, 2.24) is 10.6 Å². The molecule has 0 spiro atoms. The number of nitrogens with one attached hydrogen (secondary N) is 3. The van der Waals surface area contributed by atoms with Crippen LogP contribution >= 0.6 is 11.3 Å². The van der Waals surface area contributed by atoms with Gasteiger partial charge in [-0.05, 0) is 49.9 Å². The van der Waals surface area contributed by atoms with Gasteiger partial charge in [-0.15, -0.1) is 11.3 Å². The van der Waals surface area contributed by atoms with E-state index in [-0.39, 0.29) is 21.9 Å². The maximum Gasteiger partial charge on any atom is 0.326 e. The number of carboxylic acids is 1. The van der Waals surface area contributed by atoms with Crippen LogP contribution in [0.2, 0.25) is 0 Å². The Bertz CT molecular complexity index is 973. The number of carbonyl (C=O) groups is 2. The molecule has 0 aliphatic heterocycles. The van der Waals surface area contributed by atoms with Crippen LogP contribution in [0.25, 0.3) is 0 Å². The van der Waals surface area contributed by atoms with E-state index >= 15 is 0 Å². The standard InChI is InChI=1S/C18H25N5O5S2/c1-11-4-6-12(7-5-11)30(27,28)23-13-8-10-29-15(13)16(24)22-14(17(25)26)3-2-9-21-18(19)20/h4-8,10,14,18,21,23H,2-3,9,19-20H2,1H3,(H,22,24)(H,25,26)/t14-/m0/s1. The van der Waals surface area contributed by atoms with Crippen LogP contribution < -0.4 is 26.8 Å². The number of aliphatic carboxylic acids is 1. The molecule has 0 radical (unpaired) electrons. The summed E-state index contributed by atoms with van der Waals surface area (Å²) in [6.45, 7) is 2.22. The molecule has 8 N–H and O–H groups in total. The van der Waals surface area contributed by atoms with Crippen LogP contribution in [-0.2, 0) is 14.8 Å². The second kappa shape index (κ2) is 10.5. The van der Waals surface area contributed by atoms with Crippen molar-refractivity contribution in [1.29, 1.82) is 0 Å². The number of thiophene rings is 1. The van der Waals surface area contributed by atoms with Crippen molar-refractivity contribution in [3.05, 3.63) is 46.2 Å². The smallest absolute Gasteiger partial charge is 0.326 e. The van der Waals surface area contributed by atoms with Gasteiger partial charge in [0.1, 0.15) is 17.2 Å². The third-order valence-electron chi connectivity index (χ3n) is 4.10. The highest BCUT2D eigenvalue weighted by Gasteiger charge is 2.24. The van der Waals surface area contributed by atoms with Crippen molar-refractivity contribution < 1.29 is 23.1 Å². The fraction of sp³-hybridized carbons (Fsp3) is 0.333. The van der Waals surface area contributed by atoms with Gasteiger partial charge in [-0.25, -0.2) is 13.2 Å². The van der Waals surface area contributed by atoms with Crippen LogP contribution in [0.4, 0.5) is 5.69 Å². The molecule has 0 aliphatic rings. The van der Waals surface area contributed by atoms with E-state index in [1.54, 1.807) is 17.5 Å². The summed E-state index contributed by atoms with van der Waals surface area (Å²) in [7, 11) is -3.90. The average Bonchev–Trinajstić information content (AvgIpc) is 3.11. The molecule has 0 aliphatic carbocycles. The lowest BCUT2D eigenvalue weighted by Gasteiger charge is -2.16. The average molecular weight is 456 g/mol. The summed E-state index contributed by atoms with van der Waals surface area (Å²) in [5.74, 6) is -1.87. The summed E-state index contributed by atoms with van der Waals surface area (Å²) in [4.78, 5) is 24.2. The predicted octanol–water partition coefficient (Wildman–Crippen LogP) is 0.611. The van der Waals surface area contributed by atoms with E-state index in [9.17, 15) is 23.1 Å². The normalized spacial score (nSPS) is 12.5. The van der Waals surface area contributed by atoms with Gasteiger partial charge in [0.2, 0.25) is 0 Å². The van der Waals surface area contributed by atoms with Crippen LogP contribution in [0.15, 0.2) is 40.6 Å². The zero-order chi connectivity index (χ0) is 22.3. The lowest BCUT2D eigenvalue weighted by Crippen LogP contribution is -2.46. The molecule has 1 atom stereocenters. The summed E-state index contributed by atoms with van der Waals surface area (Å²) in [6.07, 6.45) is -0.145. The molecule has 0 fully saturated rings. The fourth-order valence-electron chi connectivity index (χ4n) is 2.54. The van der Waals surface area contributed by atoms with Gasteiger partial charge in [0.05, 0.1) is 10.6 Å². The molecule has 12 heteroatoms. The van der Waals surface area contributed by atoms with Crippen molar-refractivity contribution in [2.24, 2.45) is 11.5 Å². The summed E-state index contributed by atoms with van der Waals surface area (Å²) in [5.41, 5.74) is 11.7. The van der Waals surface area contributed by atoms with Crippen molar-refractivity contribution in [3.63, 3.8) is 0 Å². The maximum atomic E-state index is 12.6. The molecule has 1 aromatic heterocycles. The molecule has 30 heavy (non-hydrogen) atoms. The Kier molecular flexibility index (Phi) is 8.32. The van der Waals surface area contributed by atoms with E-state index in [1.807, 2.05) is 6.92 Å². The highest BCUT2D eigenvalue weighted by atomic mass is 32.2. The minimum Gasteiger partial charge on any atom is -0.480 e. The zero-order valence-electron chi connectivity index (χ0n) is 16.3. The number of amides is 1. The lowest BCUT2D eigenvalue weighted by molar-refractivity contribution is -0.139. The molecule has 2 aromatic rings. The maximum absolute atomic E-state index is 12.6. The Hall–Kier alpha value is -2.51. The van der Waals surface area contributed by atoms with Crippen molar-refractivity contribution >= 4 is 38.9 Å². The summed E-state index contributed by atoms with van der Waals surface area (Å²) in [6, 6.07) is 6.57. The first-order valence-electron chi connectivity index (χ1n) is 9.05. The van der Waals surface area contributed by atoms with E-state index < -0.39 is 34.2 Å². The van der Waals surface area contributed by atoms with Crippen LogP contribution in [0, 0.1) is 6.92 Å². The predicted molar refractivity (Wildman–Crippen MR) is 115 cm³/mol. The number of rotatable bonds is 11. The van der Waals surface area contributed by atoms with Crippen molar-refractivity contribution in [2.75, 3.05) is 11.3 Å². The molecule has 0 saturated carbocycles. The number of carboxylic acid groups (broad SMARTS) is 1. The van der Waals surface area contributed by atoms with Gasteiger partial charge in [-0.2, -0.15) is 0 Å². The number of carbonyl (C=O) groups excluding carboxylic acids is 1. The quantitative estimate of drug-likeness (QED) is 0.211. The van der Waals surface area contributed by atoms with Gasteiger partial charge in [0, 0.05) is 0 Å². The monoisotopic (exact) mass is 455 g/mol. The largest absolute Gasteiger partial charge is 0.480 e. The number of anilines is 1. The van der Waals surface area contributed by atoms with E-state index in [0.29, 0.717) is 13.0 Å². The van der Waals surface area contributed by atoms with Gasteiger partial charge >= 0.3 is 5.97 Å². The number of nitrogens with two attached hydrogens (primary N) is 2. The topological polar surface area (TPSA) is 177 Å². The molecule has 1 aromatic carbocycles. The summed E-state index contributed by atoms with van der Waals surface area (Å²) >= 11 is 1.00. The zero-order valence-corrected chi connectivity index (χ0v) is 17.9. The number of hydrogen-bond donors (Lipinski definition) is 6. The minimum absolute atomic E-state index is 0.0553. The van der Waals surface area contributed by atoms with E-state index in [2.05, 4.69) is 15.4 Å². The third-order valence-corrected chi connectivity index (χ3v) is 6.39. The Balaban J connectivity index is 2.07. The second-order valence-electron chi connectivity index (χ2n) is 6.57. The van der Waals surface area contributed by atoms with Gasteiger partial charge in [0.15, 0.2) is 0 Å². The Morgan fingerprint density at radius 3 is 2.43 bits per heavy atom. The molecule has 10 nitrogen and oxygen atoms in total.